The SMILES string of the molecule is COCOc1ccc(C2CC(=O)c3ccc(OCOC)cc3O2)cc1. The molecule has 2 aromatic carbocycles. The van der Waals surface area contributed by atoms with Crippen LogP contribution in [0.15, 0.2) is 42.5 Å². The van der Waals surface area contributed by atoms with E-state index in [0.717, 1.165) is 5.56 Å². The third-order valence-electron chi connectivity index (χ3n) is 3.83. The normalized spacial score (nSPS) is 16.1. The third-order valence-corrected chi connectivity index (χ3v) is 3.83. The number of ketones is 1. The van der Waals surface area contributed by atoms with E-state index in [-0.39, 0.29) is 25.5 Å². The van der Waals surface area contributed by atoms with Gasteiger partial charge in [-0.1, -0.05) is 12.1 Å². The van der Waals surface area contributed by atoms with E-state index < -0.39 is 0 Å². The molecule has 3 rings (SSSR count). The molecule has 2 aromatic rings. The lowest BCUT2D eigenvalue weighted by molar-refractivity contribution is 0.0506. The van der Waals surface area contributed by atoms with Crippen molar-refractivity contribution < 1.29 is 28.5 Å². The van der Waals surface area contributed by atoms with Crippen molar-refractivity contribution in [1.29, 1.82) is 0 Å². The molecule has 0 amide bonds. The number of hydrogen-bond donors (Lipinski definition) is 0. The van der Waals surface area contributed by atoms with Gasteiger partial charge in [0.25, 0.3) is 0 Å². The molecule has 1 aliphatic heterocycles. The number of carbonyl (C=O) groups is 1. The van der Waals surface area contributed by atoms with Gasteiger partial charge in [-0.05, 0) is 29.8 Å². The first kappa shape index (κ1) is 17.3. The van der Waals surface area contributed by atoms with Crippen LogP contribution < -0.4 is 14.2 Å². The second-order valence-electron chi connectivity index (χ2n) is 5.56. The van der Waals surface area contributed by atoms with Crippen molar-refractivity contribution >= 4 is 5.78 Å². The van der Waals surface area contributed by atoms with Crippen LogP contribution in [0.5, 0.6) is 17.2 Å². The Hall–Kier alpha value is -2.57. The first-order valence-electron chi connectivity index (χ1n) is 7.88. The molecule has 0 aliphatic carbocycles. The van der Waals surface area contributed by atoms with E-state index >= 15 is 0 Å². The van der Waals surface area contributed by atoms with Crippen LogP contribution >= 0.6 is 0 Å². The van der Waals surface area contributed by atoms with E-state index in [0.29, 0.717) is 29.2 Å². The minimum absolute atomic E-state index is 0.0456. The number of rotatable bonds is 7. The first-order chi connectivity index (χ1) is 12.2. The highest BCUT2D eigenvalue weighted by molar-refractivity contribution is 6.00. The average Bonchev–Trinajstić information content (AvgIpc) is 2.64. The van der Waals surface area contributed by atoms with Gasteiger partial charge in [0.15, 0.2) is 19.4 Å². The van der Waals surface area contributed by atoms with Crippen molar-refractivity contribution in [3.63, 3.8) is 0 Å². The van der Waals surface area contributed by atoms with Crippen molar-refractivity contribution in [2.45, 2.75) is 12.5 Å². The highest BCUT2D eigenvalue weighted by Crippen LogP contribution is 2.37. The van der Waals surface area contributed by atoms with Crippen LogP contribution in [-0.2, 0) is 9.47 Å². The zero-order chi connectivity index (χ0) is 17.6. The number of Topliss-reactive ketones (excluding diaryl/α,β-unsaturated/α-hetero) is 1. The maximum atomic E-state index is 12.4. The lowest BCUT2D eigenvalue weighted by atomic mass is 9.96. The molecule has 1 heterocycles. The summed E-state index contributed by atoms with van der Waals surface area (Å²) in [5.41, 5.74) is 1.48. The topological polar surface area (TPSA) is 63.2 Å². The van der Waals surface area contributed by atoms with Crippen molar-refractivity contribution in [1.82, 2.24) is 0 Å². The average molecular weight is 344 g/mol. The Morgan fingerprint density at radius 3 is 2.28 bits per heavy atom. The number of carbonyl (C=O) groups excluding carboxylic acids is 1. The van der Waals surface area contributed by atoms with Crippen molar-refractivity contribution in [3.8, 4) is 17.2 Å². The summed E-state index contributed by atoms with van der Waals surface area (Å²) in [6.07, 6.45) is -0.0436. The summed E-state index contributed by atoms with van der Waals surface area (Å²) in [5, 5.41) is 0. The molecule has 0 aromatic heterocycles. The van der Waals surface area contributed by atoms with Gasteiger partial charge in [-0.15, -0.1) is 0 Å². The Kier molecular flexibility index (Phi) is 5.53. The first-order valence-corrected chi connectivity index (χ1v) is 7.88. The molecule has 0 bridgehead atoms. The fourth-order valence-corrected chi connectivity index (χ4v) is 2.61. The Morgan fingerprint density at radius 2 is 1.60 bits per heavy atom. The van der Waals surface area contributed by atoms with Crippen LogP contribution in [0.25, 0.3) is 0 Å². The van der Waals surface area contributed by atoms with E-state index in [2.05, 4.69) is 0 Å². The summed E-state index contributed by atoms with van der Waals surface area (Å²) in [7, 11) is 3.12. The van der Waals surface area contributed by atoms with Gasteiger partial charge in [-0.25, -0.2) is 0 Å². The molecule has 25 heavy (non-hydrogen) atoms. The zero-order valence-corrected chi connectivity index (χ0v) is 14.2. The van der Waals surface area contributed by atoms with Gasteiger partial charge in [-0.3, -0.25) is 4.79 Å². The molecule has 1 atom stereocenters. The van der Waals surface area contributed by atoms with Crippen LogP contribution in [0, 0.1) is 0 Å². The van der Waals surface area contributed by atoms with Gasteiger partial charge in [0.1, 0.15) is 23.4 Å². The molecule has 0 saturated heterocycles. The lowest BCUT2D eigenvalue weighted by Crippen LogP contribution is -2.20. The number of ether oxygens (including phenoxy) is 5. The van der Waals surface area contributed by atoms with Crippen LogP contribution in [0.1, 0.15) is 28.4 Å². The molecule has 6 heteroatoms. The maximum Gasteiger partial charge on any atom is 0.188 e. The van der Waals surface area contributed by atoms with Crippen LogP contribution in [0.2, 0.25) is 0 Å². The standard InChI is InChI=1S/C19H20O6/c1-21-11-23-14-5-3-13(4-6-14)18-10-17(20)16-8-7-15(24-12-22-2)9-19(16)25-18/h3-9,18H,10-12H2,1-2H3. The highest BCUT2D eigenvalue weighted by Gasteiger charge is 2.28. The largest absolute Gasteiger partial charge is 0.484 e. The minimum Gasteiger partial charge on any atom is -0.484 e. The van der Waals surface area contributed by atoms with Gasteiger partial charge < -0.3 is 23.7 Å². The Bertz CT molecular complexity index is 725. The third kappa shape index (κ3) is 4.10. The van der Waals surface area contributed by atoms with Crippen LogP contribution in [0.3, 0.4) is 0 Å². The fraction of sp³-hybridized carbons (Fsp3) is 0.316. The quantitative estimate of drug-likeness (QED) is 0.718. The minimum atomic E-state index is -0.339. The number of benzene rings is 2. The molecule has 0 saturated carbocycles. The van der Waals surface area contributed by atoms with Gasteiger partial charge >= 0.3 is 0 Å². The number of fused-ring (bicyclic) bond motifs is 1. The second-order valence-corrected chi connectivity index (χ2v) is 5.56. The van der Waals surface area contributed by atoms with Gasteiger partial charge in [-0.2, -0.15) is 0 Å². The lowest BCUT2D eigenvalue weighted by Gasteiger charge is -2.26. The molecule has 0 radical (unpaired) electrons. The van der Waals surface area contributed by atoms with E-state index in [1.54, 1.807) is 32.4 Å². The van der Waals surface area contributed by atoms with E-state index in [9.17, 15) is 4.79 Å². The second kappa shape index (κ2) is 8.00. The van der Waals surface area contributed by atoms with Crippen LogP contribution in [0.4, 0.5) is 0 Å². The van der Waals surface area contributed by atoms with Crippen molar-refractivity contribution in [2.24, 2.45) is 0 Å². The highest BCUT2D eigenvalue weighted by atomic mass is 16.7. The van der Waals surface area contributed by atoms with Crippen molar-refractivity contribution in [2.75, 3.05) is 27.8 Å². The van der Waals surface area contributed by atoms with Crippen LogP contribution in [-0.4, -0.2) is 33.6 Å². The molecule has 0 spiro atoms. The smallest absolute Gasteiger partial charge is 0.188 e. The summed E-state index contributed by atoms with van der Waals surface area (Å²) in [6, 6.07) is 12.6. The molecular formula is C19H20O6. The van der Waals surface area contributed by atoms with E-state index in [4.69, 9.17) is 23.7 Å². The maximum absolute atomic E-state index is 12.4. The number of methoxy groups -OCH3 is 2. The Labute approximate surface area is 146 Å². The predicted molar refractivity (Wildman–Crippen MR) is 90.2 cm³/mol. The molecule has 0 N–H and O–H groups in total. The summed E-state index contributed by atoms with van der Waals surface area (Å²) in [4.78, 5) is 12.4. The number of hydrogen-bond acceptors (Lipinski definition) is 6. The zero-order valence-electron chi connectivity index (χ0n) is 14.2. The fourth-order valence-electron chi connectivity index (χ4n) is 2.61. The van der Waals surface area contributed by atoms with Gasteiger partial charge in [0.05, 0.1) is 12.0 Å². The molecule has 1 unspecified atom stereocenters. The van der Waals surface area contributed by atoms with E-state index in [1.165, 1.54) is 0 Å². The predicted octanol–water partition coefficient (Wildman–Crippen LogP) is 3.36. The summed E-state index contributed by atoms with van der Waals surface area (Å²) in [5.74, 6) is 1.86. The summed E-state index contributed by atoms with van der Waals surface area (Å²) < 4.78 is 26.6. The van der Waals surface area contributed by atoms with Gasteiger partial charge in [0.2, 0.25) is 0 Å². The molecule has 1 aliphatic rings. The molecule has 132 valence electrons. The molecule has 0 fully saturated rings. The Balaban J connectivity index is 1.76. The summed E-state index contributed by atoms with van der Waals surface area (Å²) in [6.45, 7) is 0.328. The molecular weight excluding hydrogens is 324 g/mol. The Morgan fingerprint density at radius 1 is 0.960 bits per heavy atom. The van der Waals surface area contributed by atoms with Crippen molar-refractivity contribution in [3.05, 3.63) is 53.6 Å². The molecule has 6 nitrogen and oxygen atoms in total. The van der Waals surface area contributed by atoms with Gasteiger partial charge in [0, 0.05) is 20.3 Å². The van der Waals surface area contributed by atoms with E-state index in [1.807, 2.05) is 24.3 Å². The summed E-state index contributed by atoms with van der Waals surface area (Å²) >= 11 is 0. The monoisotopic (exact) mass is 344 g/mol.